The summed E-state index contributed by atoms with van der Waals surface area (Å²) in [6.45, 7) is 4.12. The molecule has 11 nitrogen and oxygen atoms in total. The van der Waals surface area contributed by atoms with E-state index >= 15 is 0 Å². The number of imidazole rings is 2. The van der Waals surface area contributed by atoms with Gasteiger partial charge in [0, 0.05) is 62.9 Å². The maximum Gasteiger partial charge on any atom is 0.256 e. The number of rotatable bonds is 2. The molecule has 0 saturated carbocycles. The summed E-state index contributed by atoms with van der Waals surface area (Å²) < 4.78 is 15.8. The first-order chi connectivity index (χ1) is 22.6. The zero-order valence-electron chi connectivity index (χ0n) is 26.0. The first-order valence-electron chi connectivity index (χ1n) is 15.8. The molecular formula is C35H37N7O4. The Morgan fingerprint density at radius 2 is 1.59 bits per heavy atom. The van der Waals surface area contributed by atoms with Gasteiger partial charge in [-0.15, -0.1) is 0 Å². The molecule has 5 aromatic rings. The van der Waals surface area contributed by atoms with Crippen molar-refractivity contribution in [2.24, 2.45) is 7.05 Å². The highest BCUT2D eigenvalue weighted by atomic mass is 16.5. The van der Waals surface area contributed by atoms with Gasteiger partial charge in [0.05, 0.1) is 31.6 Å². The van der Waals surface area contributed by atoms with Gasteiger partial charge in [-0.1, -0.05) is 24.3 Å². The Bertz CT molecular complexity index is 1880. The fourth-order valence-corrected chi connectivity index (χ4v) is 6.36. The summed E-state index contributed by atoms with van der Waals surface area (Å²) in [6.07, 6.45) is 9.33. The number of aromatic nitrogens is 5. The number of benzene rings is 2. The van der Waals surface area contributed by atoms with Gasteiger partial charge < -0.3 is 28.4 Å². The molecule has 0 saturated heterocycles. The van der Waals surface area contributed by atoms with Gasteiger partial charge in [-0.2, -0.15) is 0 Å². The molecule has 0 spiro atoms. The monoisotopic (exact) mass is 619 g/mol. The van der Waals surface area contributed by atoms with Crippen molar-refractivity contribution < 1.29 is 19.1 Å². The first-order valence-corrected chi connectivity index (χ1v) is 15.8. The standard InChI is InChI=1S/C35H37N7O4/c1-39-24-38-31-29(11-12-36-33(31)39)35(44)41-14-2-3-15-42(34(43)28-10-5-8-26-22-45-23-30(26)28)19-20-46-27-9-4-7-25(21-27)32-37-13-18-40(32)16-6-17-41/h4-5,7-13,18,21,24H,2-3,6,14-17,19-20,22-23H2,1H3. The van der Waals surface area contributed by atoms with Crippen LogP contribution in [0, 0.1) is 0 Å². The quantitative estimate of drug-likeness (QED) is 0.282. The second-order valence-electron chi connectivity index (χ2n) is 11.8. The molecule has 3 aromatic heterocycles. The van der Waals surface area contributed by atoms with E-state index in [2.05, 4.69) is 19.5 Å². The second kappa shape index (κ2) is 13.1. The zero-order valence-corrected chi connectivity index (χ0v) is 26.0. The lowest BCUT2D eigenvalue weighted by Crippen LogP contribution is -2.37. The number of aryl methyl sites for hydroxylation is 2. The van der Waals surface area contributed by atoms with Crippen LogP contribution in [0.2, 0.25) is 0 Å². The second-order valence-corrected chi connectivity index (χ2v) is 11.8. The molecule has 11 heteroatoms. The van der Waals surface area contributed by atoms with E-state index in [0.29, 0.717) is 74.8 Å². The first kappa shape index (κ1) is 29.7. The predicted octanol–water partition coefficient (Wildman–Crippen LogP) is 4.71. The lowest BCUT2D eigenvalue weighted by Gasteiger charge is -2.26. The number of carbonyl (C=O) groups excluding carboxylic acids is 2. The molecular weight excluding hydrogens is 582 g/mol. The van der Waals surface area contributed by atoms with Gasteiger partial charge in [0.2, 0.25) is 0 Å². The number of carbonyl (C=O) groups is 2. The third kappa shape index (κ3) is 5.97. The van der Waals surface area contributed by atoms with Crippen molar-refractivity contribution in [3.63, 3.8) is 0 Å². The minimum Gasteiger partial charge on any atom is -0.492 e. The van der Waals surface area contributed by atoms with Crippen LogP contribution in [0.4, 0.5) is 0 Å². The maximum atomic E-state index is 14.0. The minimum absolute atomic E-state index is 0.0260. The predicted molar refractivity (Wildman–Crippen MR) is 172 cm³/mol. The molecule has 2 bridgehead atoms. The van der Waals surface area contributed by atoms with Crippen LogP contribution in [0.5, 0.6) is 5.75 Å². The molecule has 0 unspecified atom stereocenters. The molecule has 0 N–H and O–H groups in total. The molecule has 5 heterocycles. The van der Waals surface area contributed by atoms with E-state index in [4.69, 9.17) is 9.47 Å². The fraction of sp³-hybridized carbons (Fsp3) is 0.343. The minimum atomic E-state index is -0.0660. The summed E-state index contributed by atoms with van der Waals surface area (Å²) in [7, 11) is 1.87. The summed E-state index contributed by atoms with van der Waals surface area (Å²) in [5, 5.41) is 0. The normalized spacial score (nSPS) is 16.0. The van der Waals surface area contributed by atoms with Crippen molar-refractivity contribution in [3.8, 4) is 17.1 Å². The van der Waals surface area contributed by atoms with Crippen LogP contribution in [-0.2, 0) is 31.5 Å². The van der Waals surface area contributed by atoms with Crippen LogP contribution in [-0.4, -0.2) is 78.5 Å². The number of fused-ring (bicyclic) bond motifs is 6. The largest absolute Gasteiger partial charge is 0.492 e. The number of nitrogens with zero attached hydrogens (tertiary/aromatic N) is 7. The van der Waals surface area contributed by atoms with E-state index in [1.165, 1.54) is 0 Å². The van der Waals surface area contributed by atoms with E-state index in [0.717, 1.165) is 47.5 Å². The van der Waals surface area contributed by atoms with E-state index in [1.54, 1.807) is 24.8 Å². The summed E-state index contributed by atoms with van der Waals surface area (Å²) >= 11 is 0. The number of hydrogen-bond donors (Lipinski definition) is 0. The van der Waals surface area contributed by atoms with Crippen LogP contribution < -0.4 is 4.74 Å². The molecule has 2 aliphatic rings. The van der Waals surface area contributed by atoms with Gasteiger partial charge in [0.25, 0.3) is 11.8 Å². The van der Waals surface area contributed by atoms with Crippen molar-refractivity contribution in [1.82, 2.24) is 33.9 Å². The lowest BCUT2D eigenvalue weighted by atomic mass is 10.0. The highest BCUT2D eigenvalue weighted by molar-refractivity contribution is 6.04. The van der Waals surface area contributed by atoms with Crippen molar-refractivity contribution in [1.29, 1.82) is 0 Å². The van der Waals surface area contributed by atoms with Gasteiger partial charge in [-0.3, -0.25) is 9.59 Å². The highest BCUT2D eigenvalue weighted by Gasteiger charge is 2.25. The van der Waals surface area contributed by atoms with E-state index < -0.39 is 0 Å². The number of amides is 2. The Balaban J connectivity index is 1.17. The third-order valence-corrected chi connectivity index (χ3v) is 8.78. The van der Waals surface area contributed by atoms with Crippen molar-refractivity contribution in [3.05, 3.63) is 95.7 Å². The van der Waals surface area contributed by atoms with Gasteiger partial charge >= 0.3 is 0 Å². The molecule has 0 fully saturated rings. The lowest BCUT2D eigenvalue weighted by molar-refractivity contribution is 0.0702. The van der Waals surface area contributed by atoms with Crippen LogP contribution in [0.3, 0.4) is 0 Å². The summed E-state index contributed by atoms with van der Waals surface area (Å²) in [5.74, 6) is 1.48. The summed E-state index contributed by atoms with van der Waals surface area (Å²) in [6, 6.07) is 15.5. The Hall–Kier alpha value is -5.03. The summed E-state index contributed by atoms with van der Waals surface area (Å²) in [5.41, 5.74) is 5.49. The topological polar surface area (TPSA) is 108 Å². The Morgan fingerprint density at radius 1 is 0.783 bits per heavy atom. The molecule has 2 aliphatic heterocycles. The van der Waals surface area contributed by atoms with Crippen LogP contribution in [0.25, 0.3) is 22.6 Å². The molecule has 236 valence electrons. The van der Waals surface area contributed by atoms with Crippen molar-refractivity contribution in [2.45, 2.75) is 39.0 Å². The number of ether oxygens (including phenoxy) is 2. The molecule has 7 rings (SSSR count). The van der Waals surface area contributed by atoms with Crippen LogP contribution in [0.1, 0.15) is 51.1 Å². The average molecular weight is 620 g/mol. The average Bonchev–Trinajstić information content (AvgIpc) is 3.84. The molecule has 0 atom stereocenters. The summed E-state index contributed by atoms with van der Waals surface area (Å²) in [4.78, 5) is 45.3. The Labute approximate surface area is 267 Å². The van der Waals surface area contributed by atoms with E-state index in [1.807, 2.05) is 70.1 Å². The van der Waals surface area contributed by atoms with Crippen LogP contribution in [0.15, 0.2) is 73.4 Å². The smallest absolute Gasteiger partial charge is 0.256 e. The molecule has 0 aliphatic carbocycles. The van der Waals surface area contributed by atoms with Crippen molar-refractivity contribution >= 4 is 23.0 Å². The molecule has 2 amide bonds. The number of pyridine rings is 1. The van der Waals surface area contributed by atoms with Gasteiger partial charge in [-0.25, -0.2) is 15.0 Å². The van der Waals surface area contributed by atoms with E-state index in [9.17, 15) is 9.59 Å². The number of hydrogen-bond acceptors (Lipinski definition) is 7. The highest BCUT2D eigenvalue weighted by Crippen LogP contribution is 2.26. The zero-order chi connectivity index (χ0) is 31.5. The van der Waals surface area contributed by atoms with Gasteiger partial charge in [0.15, 0.2) is 5.65 Å². The van der Waals surface area contributed by atoms with E-state index in [-0.39, 0.29) is 11.8 Å². The molecule has 2 aromatic carbocycles. The third-order valence-electron chi connectivity index (χ3n) is 8.78. The Kier molecular flexibility index (Phi) is 8.47. The van der Waals surface area contributed by atoms with Crippen molar-refractivity contribution in [2.75, 3.05) is 32.8 Å². The van der Waals surface area contributed by atoms with Gasteiger partial charge in [-0.05, 0) is 54.7 Å². The fourth-order valence-electron chi connectivity index (χ4n) is 6.36. The SMILES string of the molecule is Cn1cnc2c(C(=O)N3CCCCN(C(=O)c4cccc5c4COC5)CCOc4cccc(c4)-c4nccn4CCC3)ccnc21. The maximum absolute atomic E-state index is 14.0. The Morgan fingerprint density at radius 3 is 2.48 bits per heavy atom. The molecule has 46 heavy (non-hydrogen) atoms. The van der Waals surface area contributed by atoms with Crippen LogP contribution >= 0.6 is 0 Å². The molecule has 0 radical (unpaired) electrons. The van der Waals surface area contributed by atoms with Gasteiger partial charge in [0.1, 0.15) is 23.7 Å².